The number of halogens is 1. The summed E-state index contributed by atoms with van der Waals surface area (Å²) in [6.07, 6.45) is 4.83. The van der Waals surface area contributed by atoms with Crippen LogP contribution in [0.3, 0.4) is 0 Å². The van der Waals surface area contributed by atoms with Crippen molar-refractivity contribution in [3.63, 3.8) is 0 Å². The highest BCUT2D eigenvalue weighted by atomic mass is 35.5. The number of amides is 2. The van der Waals surface area contributed by atoms with Crippen LogP contribution in [0.4, 0.5) is 5.69 Å². The van der Waals surface area contributed by atoms with E-state index in [2.05, 4.69) is 5.32 Å². The normalized spacial score (nSPS) is 15.7. The summed E-state index contributed by atoms with van der Waals surface area (Å²) in [5.41, 5.74) is 6.22. The third kappa shape index (κ3) is 4.61. The van der Waals surface area contributed by atoms with Crippen LogP contribution in [-0.2, 0) is 15.0 Å². The molecule has 1 fully saturated rings. The molecule has 2 aromatic carbocycles. The third-order valence-corrected chi connectivity index (χ3v) is 5.28. The minimum absolute atomic E-state index is 0.00433. The zero-order chi connectivity index (χ0) is 19.3. The van der Waals surface area contributed by atoms with Gasteiger partial charge in [-0.3, -0.25) is 9.59 Å². The molecular weight excluding hydrogens is 364 g/mol. The molecule has 2 aromatic rings. The molecule has 3 rings (SSSR count). The fourth-order valence-electron chi connectivity index (χ4n) is 3.61. The van der Waals surface area contributed by atoms with Crippen molar-refractivity contribution >= 4 is 29.1 Å². The monoisotopic (exact) mass is 386 g/mol. The number of nitrogens with one attached hydrogen (secondary N) is 1. The fourth-order valence-corrected chi connectivity index (χ4v) is 3.74. The molecular formula is C21H23ClN2O3. The predicted molar refractivity (Wildman–Crippen MR) is 106 cm³/mol. The van der Waals surface area contributed by atoms with E-state index in [0.29, 0.717) is 16.5 Å². The Morgan fingerprint density at radius 3 is 2.22 bits per heavy atom. The van der Waals surface area contributed by atoms with Crippen LogP contribution in [0.15, 0.2) is 48.5 Å². The second kappa shape index (κ2) is 8.44. The van der Waals surface area contributed by atoms with E-state index >= 15 is 0 Å². The van der Waals surface area contributed by atoms with E-state index in [1.54, 1.807) is 24.3 Å². The zero-order valence-electron chi connectivity index (χ0n) is 15.0. The predicted octanol–water partition coefficient (Wildman–Crippen LogP) is 4.04. The van der Waals surface area contributed by atoms with Crippen molar-refractivity contribution in [1.82, 2.24) is 0 Å². The lowest BCUT2D eigenvalue weighted by Gasteiger charge is -2.36. The Labute approximate surface area is 163 Å². The molecule has 5 nitrogen and oxygen atoms in total. The number of nitrogens with two attached hydrogens (primary N) is 1. The van der Waals surface area contributed by atoms with Crippen LogP contribution in [0.5, 0.6) is 5.75 Å². The van der Waals surface area contributed by atoms with Gasteiger partial charge < -0.3 is 15.8 Å². The Morgan fingerprint density at radius 2 is 1.63 bits per heavy atom. The molecule has 142 valence electrons. The van der Waals surface area contributed by atoms with Gasteiger partial charge in [0.1, 0.15) is 5.75 Å². The van der Waals surface area contributed by atoms with Gasteiger partial charge in [0.05, 0.1) is 5.41 Å². The number of rotatable bonds is 6. The lowest BCUT2D eigenvalue weighted by Crippen LogP contribution is -2.42. The molecule has 27 heavy (non-hydrogen) atoms. The van der Waals surface area contributed by atoms with E-state index < -0.39 is 11.3 Å². The Bertz CT molecular complexity index is 797. The number of carbonyl (C=O) groups excluding carboxylic acids is 2. The molecule has 3 N–H and O–H groups in total. The summed E-state index contributed by atoms with van der Waals surface area (Å²) in [7, 11) is 0. The number of benzene rings is 2. The largest absolute Gasteiger partial charge is 0.484 e. The van der Waals surface area contributed by atoms with Crippen LogP contribution in [-0.4, -0.2) is 18.4 Å². The summed E-state index contributed by atoms with van der Waals surface area (Å²) in [6.45, 7) is -0.175. The molecule has 0 saturated heterocycles. The van der Waals surface area contributed by atoms with Gasteiger partial charge in [-0.2, -0.15) is 0 Å². The summed E-state index contributed by atoms with van der Waals surface area (Å²) in [4.78, 5) is 24.0. The second-order valence-electron chi connectivity index (χ2n) is 6.88. The van der Waals surface area contributed by atoms with Gasteiger partial charge in [-0.05, 0) is 54.8 Å². The highest BCUT2D eigenvalue weighted by Gasteiger charge is 2.41. The minimum atomic E-state index is -0.538. The molecule has 1 saturated carbocycles. The van der Waals surface area contributed by atoms with Gasteiger partial charge in [-0.15, -0.1) is 0 Å². The van der Waals surface area contributed by atoms with E-state index in [1.807, 2.05) is 24.3 Å². The summed E-state index contributed by atoms with van der Waals surface area (Å²) in [6, 6.07) is 14.5. The van der Waals surface area contributed by atoms with E-state index in [1.165, 1.54) is 0 Å². The Hall–Kier alpha value is -2.53. The van der Waals surface area contributed by atoms with Gasteiger partial charge >= 0.3 is 0 Å². The van der Waals surface area contributed by atoms with Crippen molar-refractivity contribution in [1.29, 1.82) is 0 Å². The van der Waals surface area contributed by atoms with Gasteiger partial charge in [0.25, 0.3) is 5.91 Å². The molecule has 1 aliphatic carbocycles. The first-order valence-corrected chi connectivity index (χ1v) is 9.46. The molecule has 1 aliphatic rings. The maximum absolute atomic E-state index is 13.2. The van der Waals surface area contributed by atoms with Crippen LogP contribution in [0.2, 0.25) is 5.02 Å². The molecule has 0 atom stereocenters. The number of hydrogen-bond acceptors (Lipinski definition) is 3. The van der Waals surface area contributed by atoms with E-state index in [4.69, 9.17) is 22.1 Å². The fraction of sp³-hybridized carbons (Fsp3) is 0.333. The standard InChI is InChI=1S/C21H23ClN2O3/c22-16-6-4-15(5-7-16)21(12-2-1-3-13-21)20(26)24-17-8-10-18(11-9-17)27-14-19(23)25/h4-11H,1-3,12-14H2,(H2,23,25)(H,24,26). The van der Waals surface area contributed by atoms with Gasteiger partial charge in [0.2, 0.25) is 5.91 Å². The van der Waals surface area contributed by atoms with Crippen molar-refractivity contribution in [3.8, 4) is 5.75 Å². The highest BCUT2D eigenvalue weighted by molar-refractivity contribution is 6.30. The van der Waals surface area contributed by atoms with Gasteiger partial charge in [-0.25, -0.2) is 0 Å². The van der Waals surface area contributed by atoms with Gasteiger partial charge in [0, 0.05) is 10.7 Å². The van der Waals surface area contributed by atoms with Crippen molar-refractivity contribution in [2.24, 2.45) is 5.73 Å². The average molecular weight is 387 g/mol. The molecule has 6 heteroatoms. The first-order chi connectivity index (χ1) is 13.0. The van der Waals surface area contributed by atoms with Crippen molar-refractivity contribution in [2.75, 3.05) is 11.9 Å². The van der Waals surface area contributed by atoms with Crippen LogP contribution in [0, 0.1) is 0 Å². The molecule has 0 aliphatic heterocycles. The van der Waals surface area contributed by atoms with E-state index in [0.717, 1.165) is 37.7 Å². The molecule has 0 bridgehead atoms. The van der Waals surface area contributed by atoms with Crippen LogP contribution in [0.25, 0.3) is 0 Å². The number of carbonyl (C=O) groups is 2. The Morgan fingerprint density at radius 1 is 1.00 bits per heavy atom. The topological polar surface area (TPSA) is 81.4 Å². The van der Waals surface area contributed by atoms with Crippen molar-refractivity contribution in [2.45, 2.75) is 37.5 Å². The van der Waals surface area contributed by atoms with E-state index in [-0.39, 0.29) is 12.5 Å². The summed E-state index contributed by atoms with van der Waals surface area (Å²) < 4.78 is 5.24. The van der Waals surface area contributed by atoms with Crippen molar-refractivity contribution < 1.29 is 14.3 Å². The summed E-state index contributed by atoms with van der Waals surface area (Å²) >= 11 is 6.02. The molecule has 0 heterocycles. The zero-order valence-corrected chi connectivity index (χ0v) is 15.8. The number of anilines is 1. The van der Waals surface area contributed by atoms with E-state index in [9.17, 15) is 9.59 Å². The molecule has 0 spiro atoms. The first-order valence-electron chi connectivity index (χ1n) is 9.08. The average Bonchev–Trinajstić information content (AvgIpc) is 2.68. The lowest BCUT2D eigenvalue weighted by molar-refractivity contribution is -0.123. The summed E-state index contributed by atoms with van der Waals surface area (Å²) in [5.74, 6) is -0.0122. The highest BCUT2D eigenvalue weighted by Crippen LogP contribution is 2.41. The second-order valence-corrected chi connectivity index (χ2v) is 7.32. The van der Waals surface area contributed by atoms with Crippen molar-refractivity contribution in [3.05, 3.63) is 59.1 Å². The smallest absolute Gasteiger partial charge is 0.255 e. The number of hydrogen-bond donors (Lipinski definition) is 2. The molecule has 0 radical (unpaired) electrons. The third-order valence-electron chi connectivity index (χ3n) is 5.03. The van der Waals surface area contributed by atoms with Gasteiger partial charge in [0.15, 0.2) is 6.61 Å². The Balaban J connectivity index is 1.77. The SMILES string of the molecule is NC(=O)COc1ccc(NC(=O)C2(c3ccc(Cl)cc3)CCCCC2)cc1. The van der Waals surface area contributed by atoms with Crippen LogP contribution < -0.4 is 15.8 Å². The Kier molecular flexibility index (Phi) is 6.01. The lowest BCUT2D eigenvalue weighted by atomic mass is 9.68. The van der Waals surface area contributed by atoms with Crippen LogP contribution >= 0.6 is 11.6 Å². The minimum Gasteiger partial charge on any atom is -0.484 e. The maximum atomic E-state index is 13.2. The molecule has 0 unspecified atom stereocenters. The molecule has 0 aromatic heterocycles. The van der Waals surface area contributed by atoms with Crippen LogP contribution in [0.1, 0.15) is 37.7 Å². The summed E-state index contributed by atoms with van der Waals surface area (Å²) in [5, 5.41) is 3.70. The maximum Gasteiger partial charge on any atom is 0.255 e. The molecule has 2 amide bonds. The van der Waals surface area contributed by atoms with Gasteiger partial charge in [-0.1, -0.05) is 43.0 Å². The quantitative estimate of drug-likeness (QED) is 0.785. The number of ether oxygens (including phenoxy) is 1. The first kappa shape index (κ1) is 19.2. The number of primary amides is 1.